The maximum atomic E-state index is 5.92. The van der Waals surface area contributed by atoms with Gasteiger partial charge in [0.15, 0.2) is 0 Å². The second-order valence-corrected chi connectivity index (χ2v) is 5.40. The van der Waals surface area contributed by atoms with Gasteiger partial charge in [0.25, 0.3) is 0 Å². The molecule has 0 spiro atoms. The average molecular weight is 233 g/mol. The van der Waals surface area contributed by atoms with Crippen LogP contribution in [0.2, 0.25) is 0 Å². The lowest BCUT2D eigenvalue weighted by atomic mass is 9.75. The molecule has 0 aromatic heterocycles. The molecule has 1 aromatic rings. The molecule has 3 N–H and O–H groups in total. The summed E-state index contributed by atoms with van der Waals surface area (Å²) in [5.41, 5.74) is 9.39. The summed E-state index contributed by atoms with van der Waals surface area (Å²) in [5, 5.41) is 3.52. The third-order valence-electron chi connectivity index (χ3n) is 4.13. The third kappa shape index (κ3) is 2.39. The topological polar surface area (TPSA) is 41.3 Å². The van der Waals surface area contributed by atoms with Crippen LogP contribution in [-0.4, -0.2) is 31.1 Å². The summed E-state index contributed by atoms with van der Waals surface area (Å²) >= 11 is 0. The van der Waals surface area contributed by atoms with E-state index in [0.717, 1.165) is 23.5 Å². The number of anilines is 2. The van der Waals surface area contributed by atoms with Crippen molar-refractivity contribution >= 4 is 11.4 Å². The number of nitrogen functional groups attached to an aromatic ring is 1. The summed E-state index contributed by atoms with van der Waals surface area (Å²) in [6.45, 7) is 3.04. The Morgan fingerprint density at radius 1 is 1.35 bits per heavy atom. The van der Waals surface area contributed by atoms with Crippen LogP contribution in [0.25, 0.3) is 0 Å². The summed E-state index contributed by atoms with van der Waals surface area (Å²) in [5.74, 6) is 0. The monoisotopic (exact) mass is 233 g/mol. The lowest BCUT2D eigenvalue weighted by molar-refractivity contribution is 0.0739. The molecule has 1 aliphatic carbocycles. The molecule has 0 aliphatic heterocycles. The summed E-state index contributed by atoms with van der Waals surface area (Å²) in [6, 6.07) is 6.20. The predicted octanol–water partition coefficient (Wildman–Crippen LogP) is 2.47. The summed E-state index contributed by atoms with van der Waals surface area (Å²) in [6.07, 6.45) is 3.92. The number of nitrogens with one attached hydrogen (secondary N) is 1. The molecular formula is C14H23N3. The maximum Gasteiger partial charge on any atom is 0.0375 e. The van der Waals surface area contributed by atoms with Crippen molar-refractivity contribution in [3.05, 3.63) is 23.8 Å². The van der Waals surface area contributed by atoms with E-state index in [0.29, 0.717) is 5.54 Å². The average Bonchev–Trinajstić information content (AvgIpc) is 2.21. The highest BCUT2D eigenvalue weighted by Crippen LogP contribution is 2.36. The minimum Gasteiger partial charge on any atom is -0.398 e. The van der Waals surface area contributed by atoms with Crippen LogP contribution in [0.1, 0.15) is 24.8 Å². The van der Waals surface area contributed by atoms with Crippen LogP contribution >= 0.6 is 0 Å². The Kier molecular flexibility index (Phi) is 3.29. The molecule has 17 heavy (non-hydrogen) atoms. The molecule has 1 aromatic carbocycles. The number of nitrogens with zero attached hydrogens (tertiary/aromatic N) is 1. The Bertz CT molecular complexity index is 394. The van der Waals surface area contributed by atoms with Gasteiger partial charge < -0.3 is 16.0 Å². The van der Waals surface area contributed by atoms with Gasteiger partial charge in [-0.15, -0.1) is 0 Å². The van der Waals surface area contributed by atoms with Crippen LogP contribution in [0.15, 0.2) is 18.2 Å². The van der Waals surface area contributed by atoms with Crippen LogP contribution in [0.4, 0.5) is 11.4 Å². The van der Waals surface area contributed by atoms with Gasteiger partial charge in [-0.3, -0.25) is 0 Å². The smallest absolute Gasteiger partial charge is 0.0375 e. The van der Waals surface area contributed by atoms with Gasteiger partial charge in [0.2, 0.25) is 0 Å². The van der Waals surface area contributed by atoms with Gasteiger partial charge in [0, 0.05) is 23.5 Å². The van der Waals surface area contributed by atoms with E-state index in [-0.39, 0.29) is 0 Å². The fourth-order valence-corrected chi connectivity index (χ4v) is 2.38. The summed E-state index contributed by atoms with van der Waals surface area (Å²) in [7, 11) is 4.34. The first kappa shape index (κ1) is 12.2. The normalized spacial score (nSPS) is 17.9. The number of aryl methyl sites for hydroxylation is 1. The Morgan fingerprint density at radius 2 is 2.06 bits per heavy atom. The van der Waals surface area contributed by atoms with Crippen molar-refractivity contribution in [1.29, 1.82) is 0 Å². The first-order valence-electron chi connectivity index (χ1n) is 6.31. The first-order chi connectivity index (χ1) is 8.03. The first-order valence-corrected chi connectivity index (χ1v) is 6.31. The Hall–Kier alpha value is -1.22. The van der Waals surface area contributed by atoms with Crippen molar-refractivity contribution in [2.24, 2.45) is 0 Å². The van der Waals surface area contributed by atoms with Crippen LogP contribution in [0, 0.1) is 6.92 Å². The molecule has 0 bridgehead atoms. The Morgan fingerprint density at radius 3 is 2.53 bits per heavy atom. The van der Waals surface area contributed by atoms with E-state index in [1.165, 1.54) is 19.3 Å². The van der Waals surface area contributed by atoms with Crippen LogP contribution in [-0.2, 0) is 0 Å². The Balaban J connectivity index is 1.99. The van der Waals surface area contributed by atoms with Crippen molar-refractivity contribution in [2.45, 2.75) is 31.7 Å². The lowest BCUT2D eigenvalue weighted by Gasteiger charge is -2.47. The molecule has 0 amide bonds. The van der Waals surface area contributed by atoms with E-state index in [4.69, 9.17) is 5.73 Å². The highest BCUT2D eigenvalue weighted by Gasteiger charge is 2.38. The van der Waals surface area contributed by atoms with E-state index < -0.39 is 0 Å². The molecule has 3 nitrogen and oxygen atoms in total. The standard InChI is InChI=1S/C14H23N3/c1-11-5-6-12(9-13(11)15)16-10-14(17(2)3)7-4-8-14/h5-6,9,16H,4,7-8,10,15H2,1-3H3. The molecule has 0 atom stereocenters. The van der Waals surface area contributed by atoms with Gasteiger partial charge in [0.05, 0.1) is 0 Å². The number of hydrogen-bond donors (Lipinski definition) is 2. The second-order valence-electron chi connectivity index (χ2n) is 5.40. The summed E-state index contributed by atoms with van der Waals surface area (Å²) in [4.78, 5) is 2.35. The maximum absolute atomic E-state index is 5.92. The van der Waals surface area contributed by atoms with E-state index in [1.807, 2.05) is 13.0 Å². The number of hydrogen-bond acceptors (Lipinski definition) is 3. The van der Waals surface area contributed by atoms with E-state index in [2.05, 4.69) is 36.4 Å². The zero-order valence-electron chi connectivity index (χ0n) is 11.1. The molecular weight excluding hydrogens is 210 g/mol. The van der Waals surface area contributed by atoms with Crippen molar-refractivity contribution in [3.63, 3.8) is 0 Å². The fraction of sp³-hybridized carbons (Fsp3) is 0.571. The van der Waals surface area contributed by atoms with E-state index in [1.54, 1.807) is 0 Å². The SMILES string of the molecule is Cc1ccc(NCC2(N(C)C)CCC2)cc1N. The molecule has 1 fully saturated rings. The van der Waals surface area contributed by atoms with Gasteiger partial charge >= 0.3 is 0 Å². The predicted molar refractivity (Wildman–Crippen MR) is 74.4 cm³/mol. The molecule has 1 aliphatic rings. The second kappa shape index (κ2) is 4.57. The van der Waals surface area contributed by atoms with Gasteiger partial charge in [-0.25, -0.2) is 0 Å². The number of rotatable bonds is 4. The quantitative estimate of drug-likeness (QED) is 0.785. The van der Waals surface area contributed by atoms with Crippen molar-refractivity contribution in [3.8, 4) is 0 Å². The lowest BCUT2D eigenvalue weighted by Crippen LogP contribution is -2.54. The molecule has 1 saturated carbocycles. The van der Waals surface area contributed by atoms with Crippen molar-refractivity contribution in [2.75, 3.05) is 31.7 Å². The number of benzene rings is 1. The van der Waals surface area contributed by atoms with Crippen molar-refractivity contribution in [1.82, 2.24) is 4.90 Å². The highest BCUT2D eigenvalue weighted by atomic mass is 15.2. The largest absolute Gasteiger partial charge is 0.398 e. The molecule has 0 unspecified atom stereocenters. The molecule has 2 rings (SSSR count). The van der Waals surface area contributed by atoms with Gasteiger partial charge in [-0.1, -0.05) is 6.07 Å². The molecule has 94 valence electrons. The molecule has 3 heteroatoms. The van der Waals surface area contributed by atoms with E-state index in [9.17, 15) is 0 Å². The zero-order chi connectivity index (χ0) is 12.5. The Labute approximate surface area is 104 Å². The van der Waals surface area contributed by atoms with Gasteiger partial charge in [-0.2, -0.15) is 0 Å². The fourth-order valence-electron chi connectivity index (χ4n) is 2.38. The summed E-state index contributed by atoms with van der Waals surface area (Å²) < 4.78 is 0. The molecule has 0 heterocycles. The third-order valence-corrected chi connectivity index (χ3v) is 4.13. The van der Waals surface area contributed by atoms with Crippen LogP contribution < -0.4 is 11.1 Å². The molecule has 0 saturated heterocycles. The van der Waals surface area contributed by atoms with Crippen molar-refractivity contribution < 1.29 is 0 Å². The zero-order valence-corrected chi connectivity index (χ0v) is 11.1. The number of likely N-dealkylation sites (N-methyl/N-ethyl adjacent to an activating group) is 1. The van der Waals surface area contributed by atoms with Gasteiger partial charge in [0.1, 0.15) is 0 Å². The van der Waals surface area contributed by atoms with Crippen LogP contribution in [0.3, 0.4) is 0 Å². The minimum atomic E-state index is 0.347. The van der Waals surface area contributed by atoms with Crippen LogP contribution in [0.5, 0.6) is 0 Å². The van der Waals surface area contributed by atoms with Gasteiger partial charge in [-0.05, 0) is 58.0 Å². The highest BCUT2D eigenvalue weighted by molar-refractivity contribution is 5.58. The van der Waals surface area contributed by atoms with E-state index >= 15 is 0 Å². The number of nitrogens with two attached hydrogens (primary N) is 1. The molecule has 0 radical (unpaired) electrons. The minimum absolute atomic E-state index is 0.347.